The van der Waals surface area contributed by atoms with Crippen molar-refractivity contribution in [2.45, 2.75) is 25.3 Å². The second kappa shape index (κ2) is 10.8. The zero-order valence-electron chi connectivity index (χ0n) is 10.4. The van der Waals surface area contributed by atoms with Crippen LogP contribution in [-0.2, 0) is 14.3 Å². The van der Waals surface area contributed by atoms with Gasteiger partial charge in [0.05, 0.1) is 19.8 Å². The minimum absolute atomic E-state index is 0. The first-order valence-corrected chi connectivity index (χ1v) is 5.89. The Bertz CT molecular complexity index is 199. The van der Waals surface area contributed by atoms with E-state index in [1.165, 1.54) is 0 Å². The van der Waals surface area contributed by atoms with Crippen molar-refractivity contribution in [3.05, 3.63) is 0 Å². The van der Waals surface area contributed by atoms with Gasteiger partial charge in [-0.15, -0.1) is 12.4 Å². The molecule has 1 aliphatic heterocycles. The molecule has 0 aromatic heterocycles. The average molecular weight is 267 g/mol. The molecule has 5 nitrogen and oxygen atoms in total. The molecule has 17 heavy (non-hydrogen) atoms. The minimum atomic E-state index is 0. The highest BCUT2D eigenvalue weighted by Crippen LogP contribution is 2.01. The van der Waals surface area contributed by atoms with Crippen molar-refractivity contribution in [1.82, 2.24) is 10.6 Å². The predicted molar refractivity (Wildman–Crippen MR) is 68.6 cm³/mol. The van der Waals surface area contributed by atoms with Gasteiger partial charge in [-0.3, -0.25) is 4.79 Å². The third-order valence-electron chi connectivity index (χ3n) is 2.57. The number of carbonyl (C=O) groups excluding carboxylic acids is 1. The molecule has 0 aromatic carbocycles. The average Bonchev–Trinajstić information content (AvgIpc) is 2.30. The normalized spacial score (nSPS) is 19.5. The summed E-state index contributed by atoms with van der Waals surface area (Å²) in [5.74, 6) is 0.0751. The summed E-state index contributed by atoms with van der Waals surface area (Å²) in [5.41, 5.74) is 0. The molecule has 0 radical (unpaired) electrons. The molecule has 0 aromatic rings. The van der Waals surface area contributed by atoms with E-state index < -0.39 is 0 Å². The molecule has 1 aliphatic rings. The Morgan fingerprint density at radius 2 is 2.24 bits per heavy atom. The van der Waals surface area contributed by atoms with Crippen LogP contribution >= 0.6 is 12.4 Å². The second-order valence-corrected chi connectivity index (χ2v) is 3.97. The van der Waals surface area contributed by atoms with Crippen LogP contribution in [0.3, 0.4) is 0 Å². The fourth-order valence-electron chi connectivity index (χ4n) is 1.68. The van der Waals surface area contributed by atoms with E-state index in [2.05, 4.69) is 10.6 Å². The van der Waals surface area contributed by atoms with Crippen molar-refractivity contribution in [3.63, 3.8) is 0 Å². The zero-order valence-corrected chi connectivity index (χ0v) is 11.2. The van der Waals surface area contributed by atoms with Crippen molar-refractivity contribution < 1.29 is 14.3 Å². The Morgan fingerprint density at radius 3 is 2.88 bits per heavy atom. The number of methoxy groups -OCH3 is 1. The van der Waals surface area contributed by atoms with E-state index in [0.29, 0.717) is 32.3 Å². The first-order chi connectivity index (χ1) is 7.83. The highest BCUT2D eigenvalue weighted by atomic mass is 35.5. The summed E-state index contributed by atoms with van der Waals surface area (Å²) in [6, 6.07) is 0.292. The molecule has 1 saturated heterocycles. The lowest BCUT2D eigenvalue weighted by atomic mass is 10.1. The highest BCUT2D eigenvalue weighted by Gasteiger charge is 2.14. The van der Waals surface area contributed by atoms with Crippen LogP contribution in [0.25, 0.3) is 0 Å². The number of rotatable bonds is 7. The maximum absolute atomic E-state index is 11.5. The summed E-state index contributed by atoms with van der Waals surface area (Å²) >= 11 is 0. The lowest BCUT2D eigenvalue weighted by Crippen LogP contribution is -2.45. The van der Waals surface area contributed by atoms with E-state index in [9.17, 15) is 4.79 Å². The lowest BCUT2D eigenvalue weighted by molar-refractivity contribution is -0.123. The third-order valence-corrected chi connectivity index (χ3v) is 2.57. The Balaban J connectivity index is 0.00000256. The molecule has 1 amide bonds. The highest BCUT2D eigenvalue weighted by molar-refractivity contribution is 5.85. The van der Waals surface area contributed by atoms with Gasteiger partial charge in [0.2, 0.25) is 5.91 Å². The standard InChI is InChI=1S/C11H22N2O3.ClH/c1-15-7-8-16-6-4-11(14)13-10-3-2-5-12-9-10;/h10,12H,2-9H2,1H3,(H,13,14);1H. The van der Waals surface area contributed by atoms with Gasteiger partial charge in [0.15, 0.2) is 0 Å². The van der Waals surface area contributed by atoms with E-state index in [4.69, 9.17) is 9.47 Å². The van der Waals surface area contributed by atoms with Crippen LogP contribution in [0.15, 0.2) is 0 Å². The fourth-order valence-corrected chi connectivity index (χ4v) is 1.68. The molecule has 0 saturated carbocycles. The minimum Gasteiger partial charge on any atom is -0.382 e. The van der Waals surface area contributed by atoms with Gasteiger partial charge in [0.25, 0.3) is 0 Å². The van der Waals surface area contributed by atoms with Crippen LogP contribution in [0.2, 0.25) is 0 Å². The largest absolute Gasteiger partial charge is 0.382 e. The molecule has 1 fully saturated rings. The fraction of sp³-hybridized carbons (Fsp3) is 0.909. The number of nitrogens with one attached hydrogen (secondary N) is 2. The van der Waals surface area contributed by atoms with Crippen molar-refractivity contribution in [3.8, 4) is 0 Å². The van der Waals surface area contributed by atoms with Crippen LogP contribution in [-0.4, -0.2) is 52.0 Å². The van der Waals surface area contributed by atoms with Crippen molar-refractivity contribution in [1.29, 1.82) is 0 Å². The summed E-state index contributed by atoms with van der Waals surface area (Å²) in [6.07, 6.45) is 2.64. The molecule has 0 bridgehead atoms. The molecule has 0 spiro atoms. The van der Waals surface area contributed by atoms with Gasteiger partial charge in [-0.1, -0.05) is 0 Å². The lowest BCUT2D eigenvalue weighted by Gasteiger charge is -2.23. The van der Waals surface area contributed by atoms with Gasteiger partial charge in [0.1, 0.15) is 0 Å². The topological polar surface area (TPSA) is 59.6 Å². The maximum Gasteiger partial charge on any atom is 0.222 e. The van der Waals surface area contributed by atoms with Crippen molar-refractivity contribution >= 4 is 18.3 Å². The maximum atomic E-state index is 11.5. The number of ether oxygens (including phenoxy) is 2. The Morgan fingerprint density at radius 1 is 1.41 bits per heavy atom. The zero-order chi connectivity index (χ0) is 11.6. The molecule has 6 heteroatoms. The number of carbonyl (C=O) groups is 1. The van der Waals surface area contributed by atoms with E-state index in [1.54, 1.807) is 7.11 Å². The smallest absolute Gasteiger partial charge is 0.222 e. The first-order valence-electron chi connectivity index (χ1n) is 5.89. The van der Waals surface area contributed by atoms with Crippen molar-refractivity contribution in [2.75, 3.05) is 40.0 Å². The van der Waals surface area contributed by atoms with Crippen LogP contribution in [0.1, 0.15) is 19.3 Å². The number of halogens is 1. The first kappa shape index (κ1) is 16.6. The number of hydrogen-bond donors (Lipinski definition) is 2. The number of amides is 1. The van der Waals surface area contributed by atoms with Gasteiger partial charge in [-0.05, 0) is 19.4 Å². The second-order valence-electron chi connectivity index (χ2n) is 3.97. The van der Waals surface area contributed by atoms with Crippen LogP contribution in [0.4, 0.5) is 0 Å². The van der Waals surface area contributed by atoms with Gasteiger partial charge in [-0.2, -0.15) is 0 Å². The summed E-state index contributed by atoms with van der Waals surface area (Å²) in [7, 11) is 1.63. The van der Waals surface area contributed by atoms with Gasteiger partial charge in [0, 0.05) is 26.1 Å². The molecule has 102 valence electrons. The van der Waals surface area contributed by atoms with Gasteiger partial charge >= 0.3 is 0 Å². The summed E-state index contributed by atoms with van der Waals surface area (Å²) < 4.78 is 10.1. The third kappa shape index (κ3) is 8.37. The molecule has 2 N–H and O–H groups in total. The molecular formula is C11H23ClN2O3. The van der Waals surface area contributed by atoms with Crippen LogP contribution < -0.4 is 10.6 Å². The number of hydrogen-bond acceptors (Lipinski definition) is 4. The van der Waals surface area contributed by atoms with Crippen LogP contribution in [0.5, 0.6) is 0 Å². The SMILES string of the molecule is COCCOCCC(=O)NC1CCCNC1.Cl. The Labute approximate surface area is 109 Å². The molecule has 1 unspecified atom stereocenters. The quantitative estimate of drug-likeness (QED) is 0.652. The monoisotopic (exact) mass is 266 g/mol. The van der Waals surface area contributed by atoms with E-state index in [-0.39, 0.29) is 18.3 Å². The molecule has 1 heterocycles. The van der Waals surface area contributed by atoms with Crippen LogP contribution in [0, 0.1) is 0 Å². The van der Waals surface area contributed by atoms with E-state index >= 15 is 0 Å². The van der Waals surface area contributed by atoms with E-state index in [1.807, 2.05) is 0 Å². The predicted octanol–water partition coefficient (Wildman–Crippen LogP) is 0.330. The van der Waals surface area contributed by atoms with Gasteiger partial charge in [-0.25, -0.2) is 0 Å². The Hall–Kier alpha value is -0.360. The number of piperidine rings is 1. The van der Waals surface area contributed by atoms with E-state index in [0.717, 1.165) is 25.9 Å². The summed E-state index contributed by atoms with van der Waals surface area (Å²) in [5, 5.41) is 6.26. The molecular weight excluding hydrogens is 244 g/mol. The van der Waals surface area contributed by atoms with Gasteiger partial charge < -0.3 is 20.1 Å². The molecule has 1 atom stereocenters. The summed E-state index contributed by atoms with van der Waals surface area (Å²) in [6.45, 7) is 3.54. The van der Waals surface area contributed by atoms with Crippen molar-refractivity contribution in [2.24, 2.45) is 0 Å². The molecule has 1 rings (SSSR count). The molecule has 0 aliphatic carbocycles. The Kier molecular flexibility index (Phi) is 10.5. The summed E-state index contributed by atoms with van der Waals surface area (Å²) in [4.78, 5) is 11.5.